The minimum absolute atomic E-state index is 0.0984. The third-order valence-corrected chi connectivity index (χ3v) is 2.27. The molecule has 0 bridgehead atoms. The van der Waals surface area contributed by atoms with Crippen LogP contribution in [0.5, 0.6) is 0 Å². The first-order valence-electron chi connectivity index (χ1n) is 3.63. The lowest BCUT2D eigenvalue weighted by atomic mass is 10.5. The highest BCUT2D eigenvalue weighted by atomic mass is 32.1. The minimum Gasteiger partial charge on any atom is -0.337 e. The zero-order valence-corrected chi connectivity index (χ0v) is 7.77. The number of hydrogen-bond donors (Lipinski definition) is 1. The van der Waals surface area contributed by atoms with Crippen LogP contribution in [-0.4, -0.2) is 16.5 Å². The number of carbonyl (C=O) groups is 1. The van der Waals surface area contributed by atoms with Crippen LogP contribution in [0.4, 0.5) is 4.79 Å². The van der Waals surface area contributed by atoms with Gasteiger partial charge in [0.1, 0.15) is 0 Å². The number of aromatic nitrogens is 1. The molecule has 1 N–H and O–H groups in total. The maximum Gasteiger partial charge on any atom is 0.335 e. The van der Waals surface area contributed by atoms with Gasteiger partial charge in [0.05, 0.1) is 0 Å². The van der Waals surface area contributed by atoms with Crippen LogP contribution in [0.1, 0.15) is 12.6 Å². The molecule has 1 aromatic heterocycles. The first-order valence-corrected chi connectivity index (χ1v) is 4.40. The molecule has 0 unspecified atom stereocenters. The molecule has 1 amide bonds. The number of hydrogen-bond acceptors (Lipinski definition) is 3. The summed E-state index contributed by atoms with van der Waals surface area (Å²) in [5, 5.41) is 2.61. The highest BCUT2D eigenvalue weighted by molar-refractivity contribution is 7.05. The van der Waals surface area contributed by atoms with E-state index in [-0.39, 0.29) is 10.8 Å². The third-order valence-electron chi connectivity index (χ3n) is 1.34. The summed E-state index contributed by atoms with van der Waals surface area (Å²) in [7, 11) is 0. The van der Waals surface area contributed by atoms with Gasteiger partial charge in [-0.2, -0.15) is 0 Å². The molecule has 1 heterocycles. The Kier molecular flexibility index (Phi) is 2.65. The first kappa shape index (κ1) is 8.99. The summed E-state index contributed by atoms with van der Waals surface area (Å²) in [4.78, 5) is 22.0. The number of amides is 1. The average Bonchev–Trinajstić information content (AvgIpc) is 2.30. The molecular weight excluding hydrogens is 176 g/mol. The molecule has 5 heteroatoms. The van der Waals surface area contributed by atoms with Gasteiger partial charge in [-0.3, -0.25) is 4.79 Å². The molecule has 0 aliphatic rings. The van der Waals surface area contributed by atoms with Gasteiger partial charge in [-0.05, 0) is 25.4 Å². The maximum absolute atomic E-state index is 11.2. The molecule has 0 aromatic carbocycles. The second kappa shape index (κ2) is 3.53. The Morgan fingerprint density at radius 1 is 1.75 bits per heavy atom. The van der Waals surface area contributed by atoms with Gasteiger partial charge in [0.15, 0.2) is 0 Å². The van der Waals surface area contributed by atoms with E-state index in [1.807, 2.05) is 6.92 Å². The van der Waals surface area contributed by atoms with Gasteiger partial charge in [0.2, 0.25) is 4.74 Å². The molecule has 0 saturated carbocycles. The predicted octanol–water partition coefficient (Wildman–Crippen LogP) is 0.796. The zero-order valence-electron chi connectivity index (χ0n) is 6.96. The Labute approximate surface area is 74.0 Å². The quantitative estimate of drug-likeness (QED) is 0.705. The van der Waals surface area contributed by atoms with Crippen LogP contribution >= 0.6 is 11.5 Å². The zero-order chi connectivity index (χ0) is 9.14. The fraction of sp³-hybridized carbons (Fsp3) is 0.429. The van der Waals surface area contributed by atoms with Crippen molar-refractivity contribution in [3.63, 3.8) is 0 Å². The molecule has 0 spiro atoms. The molecule has 0 aliphatic heterocycles. The monoisotopic (exact) mass is 186 g/mol. The van der Waals surface area contributed by atoms with Crippen molar-refractivity contribution in [1.29, 1.82) is 0 Å². The van der Waals surface area contributed by atoms with Crippen molar-refractivity contribution >= 4 is 17.6 Å². The summed E-state index contributed by atoms with van der Waals surface area (Å²) in [6.07, 6.45) is 0. The van der Waals surface area contributed by atoms with Crippen LogP contribution in [0, 0.1) is 6.92 Å². The second-order valence-electron chi connectivity index (χ2n) is 2.33. The smallest absolute Gasteiger partial charge is 0.335 e. The van der Waals surface area contributed by atoms with E-state index in [4.69, 9.17) is 0 Å². The lowest BCUT2D eigenvalue weighted by molar-refractivity contribution is 0.244. The average molecular weight is 186 g/mol. The van der Waals surface area contributed by atoms with Crippen LogP contribution in [0.2, 0.25) is 0 Å². The van der Waals surface area contributed by atoms with E-state index in [0.29, 0.717) is 12.2 Å². The topological polar surface area (TPSA) is 51.1 Å². The SMILES string of the molecule is CCNC(=O)n1sc(=O)cc1C. The molecule has 0 radical (unpaired) electrons. The summed E-state index contributed by atoms with van der Waals surface area (Å²) in [6, 6.07) is 1.21. The number of rotatable bonds is 1. The Hall–Kier alpha value is -1.10. The second-order valence-corrected chi connectivity index (χ2v) is 3.28. The van der Waals surface area contributed by atoms with Crippen LogP contribution in [0.15, 0.2) is 10.9 Å². The van der Waals surface area contributed by atoms with Gasteiger partial charge in [-0.25, -0.2) is 8.75 Å². The van der Waals surface area contributed by atoms with Crippen molar-refractivity contribution < 1.29 is 4.79 Å². The number of nitrogens with zero attached hydrogens (tertiary/aromatic N) is 1. The molecule has 1 aromatic rings. The van der Waals surface area contributed by atoms with E-state index >= 15 is 0 Å². The van der Waals surface area contributed by atoms with Crippen molar-refractivity contribution in [2.75, 3.05) is 6.54 Å². The fourth-order valence-corrected chi connectivity index (χ4v) is 1.59. The molecule has 12 heavy (non-hydrogen) atoms. The highest BCUT2D eigenvalue weighted by Crippen LogP contribution is 1.99. The Morgan fingerprint density at radius 2 is 2.42 bits per heavy atom. The molecule has 1 rings (SSSR count). The van der Waals surface area contributed by atoms with Crippen molar-refractivity contribution in [3.05, 3.63) is 21.3 Å². The normalized spacial score (nSPS) is 9.83. The van der Waals surface area contributed by atoms with Crippen molar-refractivity contribution in [2.24, 2.45) is 0 Å². The standard InChI is InChI=1S/C7H10N2O2S/c1-3-8-7(11)9-5(2)4-6(10)12-9/h4H,3H2,1-2H3,(H,8,11). The summed E-state index contributed by atoms with van der Waals surface area (Å²) in [6.45, 7) is 4.13. The Balaban J connectivity index is 2.94. The molecule has 0 fully saturated rings. The fourth-order valence-electron chi connectivity index (χ4n) is 0.842. The maximum atomic E-state index is 11.2. The van der Waals surface area contributed by atoms with Gasteiger partial charge >= 0.3 is 6.03 Å². The highest BCUT2D eigenvalue weighted by Gasteiger charge is 2.07. The van der Waals surface area contributed by atoms with Gasteiger partial charge in [-0.15, -0.1) is 0 Å². The molecule has 0 saturated heterocycles. The van der Waals surface area contributed by atoms with E-state index < -0.39 is 0 Å². The molecule has 4 nitrogen and oxygen atoms in total. The lowest BCUT2D eigenvalue weighted by Gasteiger charge is -2.02. The van der Waals surface area contributed by atoms with Crippen molar-refractivity contribution in [1.82, 2.24) is 9.27 Å². The Morgan fingerprint density at radius 3 is 2.83 bits per heavy atom. The predicted molar refractivity (Wildman–Crippen MR) is 47.8 cm³/mol. The van der Waals surface area contributed by atoms with Crippen LogP contribution in [-0.2, 0) is 0 Å². The van der Waals surface area contributed by atoms with Crippen LogP contribution < -0.4 is 10.1 Å². The van der Waals surface area contributed by atoms with E-state index in [0.717, 1.165) is 11.5 Å². The van der Waals surface area contributed by atoms with E-state index in [9.17, 15) is 9.59 Å². The van der Waals surface area contributed by atoms with Gasteiger partial charge < -0.3 is 5.32 Å². The summed E-state index contributed by atoms with van der Waals surface area (Å²) < 4.78 is 1.25. The molecule has 66 valence electrons. The lowest BCUT2D eigenvalue weighted by Crippen LogP contribution is -2.27. The minimum atomic E-state index is -0.234. The first-order chi connectivity index (χ1) is 5.65. The van der Waals surface area contributed by atoms with Crippen molar-refractivity contribution in [3.8, 4) is 0 Å². The largest absolute Gasteiger partial charge is 0.337 e. The molecule has 0 aliphatic carbocycles. The number of aryl methyl sites for hydroxylation is 1. The summed E-state index contributed by atoms with van der Waals surface area (Å²) in [5.41, 5.74) is 0.677. The van der Waals surface area contributed by atoms with Crippen LogP contribution in [0.25, 0.3) is 0 Å². The number of nitrogens with one attached hydrogen (secondary N) is 1. The van der Waals surface area contributed by atoms with E-state index in [2.05, 4.69) is 5.32 Å². The summed E-state index contributed by atoms with van der Waals surface area (Å²) >= 11 is 0.911. The molecule has 0 atom stereocenters. The molecular formula is C7H10N2O2S. The van der Waals surface area contributed by atoms with Gasteiger partial charge in [-0.1, -0.05) is 0 Å². The summed E-state index contributed by atoms with van der Waals surface area (Å²) in [5.74, 6) is 0. The number of carbonyl (C=O) groups excluding carboxylic acids is 1. The van der Waals surface area contributed by atoms with Crippen molar-refractivity contribution in [2.45, 2.75) is 13.8 Å². The Bertz CT molecular complexity index is 339. The van der Waals surface area contributed by atoms with Gasteiger partial charge in [0.25, 0.3) is 0 Å². The van der Waals surface area contributed by atoms with Crippen LogP contribution in [0.3, 0.4) is 0 Å². The van der Waals surface area contributed by atoms with E-state index in [1.54, 1.807) is 6.92 Å². The van der Waals surface area contributed by atoms with E-state index in [1.165, 1.54) is 10.0 Å². The van der Waals surface area contributed by atoms with Gasteiger partial charge in [0, 0.05) is 18.3 Å². The third kappa shape index (κ3) is 1.73.